The first-order chi connectivity index (χ1) is 7.22. The van der Waals surface area contributed by atoms with Crippen molar-refractivity contribution in [3.05, 3.63) is 36.0 Å². The Kier molecular flexibility index (Phi) is 2.31. The highest BCUT2D eigenvalue weighted by Gasteiger charge is 2.05. The molecule has 0 saturated heterocycles. The van der Waals surface area contributed by atoms with Gasteiger partial charge in [0.1, 0.15) is 5.82 Å². The van der Waals surface area contributed by atoms with Crippen molar-refractivity contribution in [3.8, 4) is 5.69 Å². The molecule has 0 aliphatic heterocycles. The Morgan fingerprint density at radius 1 is 1.13 bits per heavy atom. The summed E-state index contributed by atoms with van der Waals surface area (Å²) < 4.78 is 1.59. The summed E-state index contributed by atoms with van der Waals surface area (Å²) in [4.78, 5) is 0. The van der Waals surface area contributed by atoms with Gasteiger partial charge < -0.3 is 17.2 Å². The second-order valence-electron chi connectivity index (χ2n) is 3.27. The third-order valence-corrected chi connectivity index (χ3v) is 2.25. The number of anilines is 2. The summed E-state index contributed by atoms with van der Waals surface area (Å²) in [5.41, 5.74) is 19.3. The molecule has 0 amide bonds. The summed E-state index contributed by atoms with van der Waals surface area (Å²) in [6, 6.07) is 7.69. The van der Waals surface area contributed by atoms with Gasteiger partial charge in [0.25, 0.3) is 0 Å². The van der Waals surface area contributed by atoms with E-state index in [4.69, 9.17) is 17.2 Å². The van der Waals surface area contributed by atoms with E-state index < -0.39 is 0 Å². The molecule has 2 aromatic rings. The largest absolute Gasteiger partial charge is 0.394 e. The van der Waals surface area contributed by atoms with Gasteiger partial charge in [0, 0.05) is 6.54 Å². The molecule has 1 aromatic heterocycles. The van der Waals surface area contributed by atoms with Crippen molar-refractivity contribution in [1.82, 2.24) is 9.78 Å². The summed E-state index contributed by atoms with van der Waals surface area (Å²) in [6.07, 6.45) is 1.53. The lowest BCUT2D eigenvalue weighted by Gasteiger charge is -2.04. The van der Waals surface area contributed by atoms with Gasteiger partial charge in [0.15, 0.2) is 0 Å². The predicted molar refractivity (Wildman–Crippen MR) is 60.3 cm³/mol. The Morgan fingerprint density at radius 3 is 2.27 bits per heavy atom. The molecule has 0 unspecified atom stereocenters. The third-order valence-electron chi connectivity index (χ3n) is 2.25. The number of hydrogen-bond donors (Lipinski definition) is 3. The molecule has 78 valence electrons. The van der Waals surface area contributed by atoms with Gasteiger partial charge in [-0.2, -0.15) is 5.10 Å². The Labute approximate surface area is 87.5 Å². The lowest BCUT2D eigenvalue weighted by molar-refractivity contribution is 0.889. The molecule has 0 saturated carbocycles. The molecule has 0 aliphatic carbocycles. The third kappa shape index (κ3) is 1.64. The lowest BCUT2D eigenvalue weighted by Crippen LogP contribution is -2.03. The zero-order valence-electron chi connectivity index (χ0n) is 8.22. The van der Waals surface area contributed by atoms with Crippen molar-refractivity contribution in [1.29, 1.82) is 0 Å². The molecular formula is C10H13N5. The van der Waals surface area contributed by atoms with Gasteiger partial charge in [-0.3, -0.25) is 0 Å². The first kappa shape index (κ1) is 9.54. The van der Waals surface area contributed by atoms with Crippen molar-refractivity contribution in [2.75, 3.05) is 11.5 Å². The van der Waals surface area contributed by atoms with Crippen LogP contribution in [-0.2, 0) is 6.54 Å². The van der Waals surface area contributed by atoms with E-state index in [0.717, 1.165) is 11.3 Å². The monoisotopic (exact) mass is 203 g/mol. The van der Waals surface area contributed by atoms with E-state index in [1.54, 1.807) is 4.68 Å². The van der Waals surface area contributed by atoms with E-state index in [9.17, 15) is 0 Å². The van der Waals surface area contributed by atoms with E-state index in [2.05, 4.69) is 5.10 Å². The molecule has 0 radical (unpaired) electrons. The van der Waals surface area contributed by atoms with Crippen LogP contribution in [-0.4, -0.2) is 9.78 Å². The zero-order valence-corrected chi connectivity index (χ0v) is 8.22. The number of hydrogen-bond acceptors (Lipinski definition) is 4. The van der Waals surface area contributed by atoms with Gasteiger partial charge >= 0.3 is 0 Å². The number of nitrogens with two attached hydrogens (primary N) is 3. The number of rotatable bonds is 2. The number of aromatic nitrogens is 2. The normalized spacial score (nSPS) is 10.5. The van der Waals surface area contributed by atoms with E-state index >= 15 is 0 Å². The molecular weight excluding hydrogens is 190 g/mol. The highest BCUT2D eigenvalue weighted by Crippen LogP contribution is 2.18. The molecule has 1 aromatic carbocycles. The molecule has 5 heteroatoms. The summed E-state index contributed by atoms with van der Waals surface area (Å²) >= 11 is 0. The van der Waals surface area contributed by atoms with Crippen LogP contribution >= 0.6 is 0 Å². The van der Waals surface area contributed by atoms with Crippen molar-refractivity contribution >= 4 is 11.5 Å². The SMILES string of the molecule is NCc1ccc(-n2ncc(N)c2N)cc1. The predicted octanol–water partition coefficient (Wildman–Crippen LogP) is 0.495. The van der Waals surface area contributed by atoms with Crippen molar-refractivity contribution in [2.45, 2.75) is 6.54 Å². The molecule has 0 fully saturated rings. The Morgan fingerprint density at radius 2 is 1.80 bits per heavy atom. The quantitative estimate of drug-likeness (QED) is 0.662. The van der Waals surface area contributed by atoms with Gasteiger partial charge in [0.05, 0.1) is 17.6 Å². The van der Waals surface area contributed by atoms with Crippen LogP contribution in [0.3, 0.4) is 0 Å². The second kappa shape index (κ2) is 3.62. The van der Waals surface area contributed by atoms with E-state index in [1.807, 2.05) is 24.3 Å². The van der Waals surface area contributed by atoms with Gasteiger partial charge in [-0.15, -0.1) is 0 Å². The van der Waals surface area contributed by atoms with Crippen molar-refractivity contribution < 1.29 is 0 Å². The van der Waals surface area contributed by atoms with Gasteiger partial charge in [-0.1, -0.05) is 12.1 Å². The van der Waals surface area contributed by atoms with Crippen LogP contribution in [0.25, 0.3) is 5.69 Å². The molecule has 2 rings (SSSR count). The molecule has 0 atom stereocenters. The van der Waals surface area contributed by atoms with Gasteiger partial charge in [-0.25, -0.2) is 4.68 Å². The topological polar surface area (TPSA) is 95.9 Å². The number of nitrogens with zero attached hydrogens (tertiary/aromatic N) is 2. The van der Waals surface area contributed by atoms with E-state index in [-0.39, 0.29) is 0 Å². The molecule has 5 nitrogen and oxygen atoms in total. The van der Waals surface area contributed by atoms with Crippen LogP contribution in [0.5, 0.6) is 0 Å². The van der Waals surface area contributed by atoms with Crippen LogP contribution in [0.15, 0.2) is 30.5 Å². The Balaban J connectivity index is 2.41. The van der Waals surface area contributed by atoms with Crippen LogP contribution in [0, 0.1) is 0 Å². The van der Waals surface area contributed by atoms with Crippen LogP contribution < -0.4 is 17.2 Å². The molecule has 0 aliphatic rings. The van der Waals surface area contributed by atoms with Crippen LogP contribution in [0.1, 0.15) is 5.56 Å². The maximum absolute atomic E-state index is 5.76. The average molecular weight is 203 g/mol. The minimum absolute atomic E-state index is 0.454. The fourth-order valence-corrected chi connectivity index (χ4v) is 1.35. The van der Waals surface area contributed by atoms with E-state index in [0.29, 0.717) is 18.1 Å². The molecule has 0 bridgehead atoms. The maximum atomic E-state index is 5.76. The summed E-state index contributed by atoms with van der Waals surface area (Å²) in [7, 11) is 0. The van der Waals surface area contributed by atoms with Gasteiger partial charge in [-0.05, 0) is 17.7 Å². The standard InChI is InChI=1S/C10H13N5/c11-5-7-1-3-8(4-2-7)15-10(13)9(12)6-14-15/h1-4,6H,5,11-13H2. The lowest BCUT2D eigenvalue weighted by atomic mass is 10.2. The van der Waals surface area contributed by atoms with Crippen molar-refractivity contribution in [3.63, 3.8) is 0 Å². The molecule has 6 N–H and O–H groups in total. The first-order valence-electron chi connectivity index (χ1n) is 4.60. The second-order valence-corrected chi connectivity index (χ2v) is 3.27. The first-order valence-corrected chi connectivity index (χ1v) is 4.60. The van der Waals surface area contributed by atoms with E-state index in [1.165, 1.54) is 6.20 Å². The maximum Gasteiger partial charge on any atom is 0.150 e. The number of nitrogen functional groups attached to an aromatic ring is 2. The van der Waals surface area contributed by atoms with Crippen LogP contribution in [0.4, 0.5) is 11.5 Å². The van der Waals surface area contributed by atoms with Gasteiger partial charge in [0.2, 0.25) is 0 Å². The minimum atomic E-state index is 0.454. The van der Waals surface area contributed by atoms with Crippen molar-refractivity contribution in [2.24, 2.45) is 5.73 Å². The highest BCUT2D eigenvalue weighted by molar-refractivity contribution is 5.60. The summed E-state index contributed by atoms with van der Waals surface area (Å²) in [5, 5.41) is 4.08. The zero-order chi connectivity index (χ0) is 10.8. The number of benzene rings is 1. The summed E-state index contributed by atoms with van der Waals surface area (Å²) in [5.74, 6) is 0.454. The smallest absolute Gasteiger partial charge is 0.150 e. The fourth-order valence-electron chi connectivity index (χ4n) is 1.35. The average Bonchev–Trinajstić information content (AvgIpc) is 2.60. The summed E-state index contributed by atoms with van der Waals surface area (Å²) in [6.45, 7) is 0.525. The molecule has 1 heterocycles. The molecule has 15 heavy (non-hydrogen) atoms. The Bertz CT molecular complexity index is 457. The Hall–Kier alpha value is -2.01. The van der Waals surface area contributed by atoms with Crippen LogP contribution in [0.2, 0.25) is 0 Å². The molecule has 0 spiro atoms. The fraction of sp³-hybridized carbons (Fsp3) is 0.100. The highest BCUT2D eigenvalue weighted by atomic mass is 15.3. The minimum Gasteiger partial charge on any atom is -0.394 e.